The summed E-state index contributed by atoms with van der Waals surface area (Å²) >= 11 is 0. The molecule has 0 aromatic carbocycles. The van der Waals surface area contributed by atoms with E-state index in [1.807, 2.05) is 26.8 Å². The summed E-state index contributed by atoms with van der Waals surface area (Å²) in [4.78, 5) is 16.0. The minimum atomic E-state index is -0.558. The van der Waals surface area contributed by atoms with Gasteiger partial charge in [0.1, 0.15) is 5.76 Å². The Hall–Kier alpha value is -2.11. The molecule has 6 heteroatoms. The van der Waals surface area contributed by atoms with Crippen LogP contribution in [0.4, 0.5) is 0 Å². The highest BCUT2D eigenvalue weighted by molar-refractivity contribution is 5.69. The summed E-state index contributed by atoms with van der Waals surface area (Å²) in [6.07, 6.45) is 1.78. The topological polar surface area (TPSA) is 78.4 Å². The molecule has 2 aromatic rings. The molecule has 0 bridgehead atoms. The number of aryl methyl sites for hydroxylation is 1. The number of ether oxygens (including phenoxy) is 1. The van der Waals surface area contributed by atoms with Crippen LogP contribution in [0.5, 0.6) is 0 Å². The van der Waals surface area contributed by atoms with Crippen molar-refractivity contribution >= 4 is 5.97 Å². The van der Waals surface area contributed by atoms with Crippen LogP contribution in [0.3, 0.4) is 0 Å². The Labute approximate surface area is 123 Å². The van der Waals surface area contributed by atoms with Gasteiger partial charge in [-0.1, -0.05) is 25.9 Å². The highest BCUT2D eigenvalue weighted by Crippen LogP contribution is 2.22. The Bertz CT molecular complexity index is 581. The monoisotopic (exact) mass is 292 g/mol. The van der Waals surface area contributed by atoms with Crippen molar-refractivity contribution in [3.63, 3.8) is 0 Å². The van der Waals surface area contributed by atoms with Gasteiger partial charge in [0.25, 0.3) is 5.89 Å². The highest BCUT2D eigenvalue weighted by Gasteiger charge is 2.24. The lowest BCUT2D eigenvalue weighted by Crippen LogP contribution is -2.14. The van der Waals surface area contributed by atoms with E-state index in [9.17, 15) is 4.79 Å². The maximum atomic E-state index is 11.8. The van der Waals surface area contributed by atoms with Crippen LogP contribution in [0.25, 0.3) is 0 Å². The molecule has 21 heavy (non-hydrogen) atoms. The lowest BCUT2D eigenvalue weighted by Gasteiger charge is -2.11. The first-order chi connectivity index (χ1) is 9.86. The summed E-state index contributed by atoms with van der Waals surface area (Å²) in [5.74, 6) is 1.34. The maximum Gasteiger partial charge on any atom is 0.307 e. The SMILES string of the molecule is CC(OC(=O)CCc1ccco1)c1nc(C(C)(C)C)no1. The number of carbonyl (C=O) groups excluding carboxylic acids is 1. The Morgan fingerprint density at radius 2 is 2.19 bits per heavy atom. The second kappa shape index (κ2) is 6.11. The Morgan fingerprint density at radius 3 is 2.76 bits per heavy atom. The molecule has 1 unspecified atom stereocenters. The molecule has 0 fully saturated rings. The third-order valence-electron chi connectivity index (χ3n) is 2.92. The molecule has 0 radical (unpaired) electrons. The molecule has 1 atom stereocenters. The zero-order valence-corrected chi connectivity index (χ0v) is 12.8. The van der Waals surface area contributed by atoms with Gasteiger partial charge in [0.2, 0.25) is 0 Å². The van der Waals surface area contributed by atoms with Crippen molar-refractivity contribution in [2.24, 2.45) is 0 Å². The Morgan fingerprint density at radius 1 is 1.43 bits per heavy atom. The van der Waals surface area contributed by atoms with Gasteiger partial charge >= 0.3 is 5.97 Å². The van der Waals surface area contributed by atoms with Crippen LogP contribution in [0.2, 0.25) is 0 Å². The van der Waals surface area contributed by atoms with E-state index in [-0.39, 0.29) is 17.8 Å². The Kier molecular flexibility index (Phi) is 4.45. The van der Waals surface area contributed by atoms with E-state index in [4.69, 9.17) is 13.7 Å². The van der Waals surface area contributed by atoms with Crippen LogP contribution in [-0.2, 0) is 21.4 Å². The second-order valence-electron chi connectivity index (χ2n) is 5.92. The molecule has 114 valence electrons. The average molecular weight is 292 g/mol. The fraction of sp³-hybridized carbons (Fsp3) is 0.533. The van der Waals surface area contributed by atoms with E-state index in [0.717, 1.165) is 5.76 Å². The first kappa shape index (κ1) is 15.3. The molecule has 0 aliphatic rings. The molecule has 0 aliphatic carbocycles. The van der Waals surface area contributed by atoms with Gasteiger partial charge < -0.3 is 13.7 Å². The van der Waals surface area contributed by atoms with Crippen molar-refractivity contribution in [1.29, 1.82) is 0 Å². The number of esters is 1. The average Bonchev–Trinajstić information content (AvgIpc) is 3.07. The van der Waals surface area contributed by atoms with Gasteiger partial charge in [-0.25, -0.2) is 0 Å². The van der Waals surface area contributed by atoms with Crippen LogP contribution in [-0.4, -0.2) is 16.1 Å². The standard InChI is InChI=1S/C15H20N2O4/c1-10(13-16-14(17-21-13)15(2,3)4)20-12(18)8-7-11-6-5-9-19-11/h5-6,9-10H,7-8H2,1-4H3. The molecule has 2 rings (SSSR count). The highest BCUT2D eigenvalue weighted by atomic mass is 16.6. The van der Waals surface area contributed by atoms with Crippen LogP contribution < -0.4 is 0 Å². The zero-order chi connectivity index (χ0) is 15.5. The molecule has 0 saturated heterocycles. The molecule has 2 aromatic heterocycles. The first-order valence-corrected chi connectivity index (χ1v) is 6.92. The predicted molar refractivity (Wildman–Crippen MR) is 74.5 cm³/mol. The fourth-order valence-corrected chi connectivity index (χ4v) is 1.69. The van der Waals surface area contributed by atoms with Crippen LogP contribution in [0.1, 0.15) is 57.7 Å². The van der Waals surface area contributed by atoms with Gasteiger partial charge in [-0.15, -0.1) is 0 Å². The van der Waals surface area contributed by atoms with Crippen molar-refractivity contribution in [1.82, 2.24) is 10.1 Å². The van der Waals surface area contributed by atoms with Gasteiger partial charge in [-0.2, -0.15) is 4.98 Å². The van der Waals surface area contributed by atoms with E-state index in [2.05, 4.69) is 10.1 Å². The van der Waals surface area contributed by atoms with Gasteiger partial charge in [0, 0.05) is 11.8 Å². The number of nitrogens with zero attached hydrogens (tertiary/aromatic N) is 2. The Balaban J connectivity index is 1.87. The molecule has 6 nitrogen and oxygen atoms in total. The van der Waals surface area contributed by atoms with Gasteiger partial charge in [-0.05, 0) is 19.1 Å². The maximum absolute atomic E-state index is 11.8. The molecule has 0 aliphatic heterocycles. The molecular formula is C15H20N2O4. The fourth-order valence-electron chi connectivity index (χ4n) is 1.69. The van der Waals surface area contributed by atoms with Crippen LogP contribution >= 0.6 is 0 Å². The van der Waals surface area contributed by atoms with Crippen molar-refractivity contribution in [2.75, 3.05) is 0 Å². The number of hydrogen-bond acceptors (Lipinski definition) is 6. The lowest BCUT2D eigenvalue weighted by molar-refractivity contribution is -0.149. The third kappa shape index (κ3) is 4.18. The quantitative estimate of drug-likeness (QED) is 0.787. The van der Waals surface area contributed by atoms with Crippen molar-refractivity contribution in [3.05, 3.63) is 35.9 Å². The van der Waals surface area contributed by atoms with Crippen molar-refractivity contribution in [2.45, 2.75) is 52.1 Å². The van der Waals surface area contributed by atoms with E-state index < -0.39 is 6.10 Å². The van der Waals surface area contributed by atoms with Crippen LogP contribution in [0.15, 0.2) is 27.3 Å². The molecule has 0 amide bonds. The summed E-state index contributed by atoms with van der Waals surface area (Å²) in [6, 6.07) is 3.61. The number of aromatic nitrogens is 2. The summed E-state index contributed by atoms with van der Waals surface area (Å²) in [5.41, 5.74) is -0.204. The molecule has 2 heterocycles. The first-order valence-electron chi connectivity index (χ1n) is 6.92. The normalized spacial score (nSPS) is 13.1. The van der Waals surface area contributed by atoms with Crippen LogP contribution in [0, 0.1) is 0 Å². The van der Waals surface area contributed by atoms with Crippen molar-refractivity contribution in [3.8, 4) is 0 Å². The second-order valence-corrected chi connectivity index (χ2v) is 5.92. The van der Waals surface area contributed by atoms with E-state index in [0.29, 0.717) is 18.1 Å². The summed E-state index contributed by atoms with van der Waals surface area (Å²) in [5, 5.41) is 3.91. The smallest absolute Gasteiger partial charge is 0.307 e. The minimum Gasteiger partial charge on any atom is -0.469 e. The summed E-state index contributed by atoms with van der Waals surface area (Å²) in [6.45, 7) is 7.68. The number of rotatable bonds is 5. The van der Waals surface area contributed by atoms with Crippen molar-refractivity contribution < 1.29 is 18.5 Å². The van der Waals surface area contributed by atoms with Gasteiger partial charge in [0.15, 0.2) is 11.9 Å². The van der Waals surface area contributed by atoms with Gasteiger partial charge in [-0.3, -0.25) is 4.79 Å². The molecule has 0 spiro atoms. The van der Waals surface area contributed by atoms with Gasteiger partial charge in [0.05, 0.1) is 12.7 Å². The van der Waals surface area contributed by atoms with E-state index in [1.165, 1.54) is 0 Å². The predicted octanol–water partition coefficient (Wildman–Crippen LogP) is 3.20. The molecular weight excluding hydrogens is 272 g/mol. The third-order valence-corrected chi connectivity index (χ3v) is 2.92. The summed E-state index contributed by atoms with van der Waals surface area (Å²) < 4.78 is 15.6. The molecule has 0 saturated carbocycles. The minimum absolute atomic E-state index is 0.204. The number of hydrogen-bond donors (Lipinski definition) is 0. The number of furan rings is 1. The van der Waals surface area contributed by atoms with E-state index in [1.54, 1.807) is 19.3 Å². The zero-order valence-electron chi connectivity index (χ0n) is 12.8. The summed E-state index contributed by atoms with van der Waals surface area (Å²) in [7, 11) is 0. The lowest BCUT2D eigenvalue weighted by atomic mass is 9.96. The molecule has 0 N–H and O–H groups in total. The van der Waals surface area contributed by atoms with E-state index >= 15 is 0 Å². The largest absolute Gasteiger partial charge is 0.469 e. The number of carbonyl (C=O) groups is 1.